The molecule has 0 aliphatic rings. The van der Waals surface area contributed by atoms with E-state index in [-0.39, 0.29) is 0 Å². The number of hydrogen-bond acceptors (Lipinski definition) is 2. The summed E-state index contributed by atoms with van der Waals surface area (Å²) in [6.45, 7) is 7.99. The normalized spacial score (nSPS) is 11.0. The zero-order valence-corrected chi connectivity index (χ0v) is 12.7. The van der Waals surface area contributed by atoms with E-state index < -0.39 is 0 Å². The number of aryl methyl sites for hydroxylation is 2. The molecule has 2 aromatic rings. The van der Waals surface area contributed by atoms with E-state index in [9.17, 15) is 0 Å². The highest BCUT2D eigenvalue weighted by Crippen LogP contribution is 2.33. The Kier molecular flexibility index (Phi) is 4.27. The highest BCUT2D eigenvalue weighted by atomic mass is 35.5. The van der Waals surface area contributed by atoms with Crippen LogP contribution in [-0.4, -0.2) is 16.3 Å². The molecule has 102 valence electrons. The molecule has 1 heterocycles. The van der Waals surface area contributed by atoms with Gasteiger partial charge in [0, 0.05) is 35.4 Å². The summed E-state index contributed by atoms with van der Waals surface area (Å²) in [4.78, 5) is 0. The van der Waals surface area contributed by atoms with Crippen molar-refractivity contribution in [3.8, 4) is 11.1 Å². The summed E-state index contributed by atoms with van der Waals surface area (Å²) in [6, 6.07) is 6.24. The lowest BCUT2D eigenvalue weighted by molar-refractivity contribution is 0.727. The van der Waals surface area contributed by atoms with Crippen LogP contribution in [0, 0.1) is 13.8 Å². The smallest absolute Gasteiger partial charge is 0.0675 e. The van der Waals surface area contributed by atoms with Gasteiger partial charge in [0.1, 0.15) is 0 Å². The summed E-state index contributed by atoms with van der Waals surface area (Å²) in [7, 11) is 1.96. The summed E-state index contributed by atoms with van der Waals surface area (Å²) < 4.78 is 1.90. The molecule has 1 aromatic carbocycles. The highest BCUT2D eigenvalue weighted by molar-refractivity contribution is 6.33. The molecule has 0 aliphatic heterocycles. The van der Waals surface area contributed by atoms with Crippen LogP contribution in [0.5, 0.6) is 0 Å². The van der Waals surface area contributed by atoms with Crippen LogP contribution in [0.2, 0.25) is 5.02 Å². The van der Waals surface area contributed by atoms with Gasteiger partial charge in [0.15, 0.2) is 0 Å². The standard InChI is InChI=1S/C15H20ClN3/c1-5-17-9-12-6-7-13(14(16)8-12)15-10(2)18-19(4)11(15)3/h6-8,17H,5,9H2,1-4H3. The first kappa shape index (κ1) is 14.1. The monoisotopic (exact) mass is 277 g/mol. The van der Waals surface area contributed by atoms with Gasteiger partial charge < -0.3 is 5.32 Å². The molecule has 0 aliphatic carbocycles. The number of benzene rings is 1. The molecule has 4 heteroatoms. The van der Waals surface area contributed by atoms with Crippen LogP contribution < -0.4 is 5.32 Å². The van der Waals surface area contributed by atoms with Gasteiger partial charge >= 0.3 is 0 Å². The first-order valence-electron chi connectivity index (χ1n) is 6.54. The number of halogens is 1. The van der Waals surface area contributed by atoms with Crippen LogP contribution in [0.3, 0.4) is 0 Å². The Labute approximate surface area is 119 Å². The van der Waals surface area contributed by atoms with Gasteiger partial charge in [0.25, 0.3) is 0 Å². The quantitative estimate of drug-likeness (QED) is 0.927. The van der Waals surface area contributed by atoms with Gasteiger partial charge in [-0.3, -0.25) is 4.68 Å². The zero-order valence-electron chi connectivity index (χ0n) is 11.9. The van der Waals surface area contributed by atoms with Crippen molar-refractivity contribution in [2.45, 2.75) is 27.3 Å². The lowest BCUT2D eigenvalue weighted by Crippen LogP contribution is -2.11. The average Bonchev–Trinajstić information content (AvgIpc) is 2.62. The highest BCUT2D eigenvalue weighted by Gasteiger charge is 2.14. The molecule has 1 aromatic heterocycles. The zero-order chi connectivity index (χ0) is 14.0. The molecule has 0 amide bonds. The maximum Gasteiger partial charge on any atom is 0.0675 e. The Balaban J connectivity index is 2.40. The molecule has 0 saturated heterocycles. The minimum Gasteiger partial charge on any atom is -0.313 e. The Morgan fingerprint density at radius 2 is 2.05 bits per heavy atom. The van der Waals surface area contributed by atoms with Crippen LogP contribution in [0.25, 0.3) is 11.1 Å². The largest absolute Gasteiger partial charge is 0.313 e. The molecule has 0 unspecified atom stereocenters. The van der Waals surface area contributed by atoms with Gasteiger partial charge in [-0.15, -0.1) is 0 Å². The molecule has 3 nitrogen and oxygen atoms in total. The van der Waals surface area contributed by atoms with Crippen molar-refractivity contribution in [3.05, 3.63) is 40.2 Å². The second-order valence-corrected chi connectivity index (χ2v) is 5.17. The number of rotatable bonds is 4. The van der Waals surface area contributed by atoms with Crippen molar-refractivity contribution in [2.75, 3.05) is 6.54 Å². The molecule has 0 fully saturated rings. The van der Waals surface area contributed by atoms with Gasteiger partial charge in [-0.05, 0) is 32.0 Å². The second-order valence-electron chi connectivity index (χ2n) is 4.76. The van der Waals surface area contributed by atoms with Crippen molar-refractivity contribution >= 4 is 11.6 Å². The fourth-order valence-electron chi connectivity index (χ4n) is 2.30. The summed E-state index contributed by atoms with van der Waals surface area (Å²) in [5.74, 6) is 0. The molecule has 0 saturated carbocycles. The van der Waals surface area contributed by atoms with Gasteiger partial charge in [-0.1, -0.05) is 30.7 Å². The lowest BCUT2D eigenvalue weighted by Gasteiger charge is -2.08. The SMILES string of the molecule is CCNCc1ccc(-c2c(C)nn(C)c2C)c(Cl)c1. The predicted octanol–water partition coefficient (Wildman–Crippen LogP) is 3.47. The van der Waals surface area contributed by atoms with Gasteiger partial charge in [-0.2, -0.15) is 5.10 Å². The van der Waals surface area contributed by atoms with E-state index in [0.717, 1.165) is 40.6 Å². The fourth-order valence-corrected chi connectivity index (χ4v) is 2.60. The van der Waals surface area contributed by atoms with Crippen molar-refractivity contribution in [3.63, 3.8) is 0 Å². The molecule has 0 radical (unpaired) electrons. The number of nitrogens with zero attached hydrogens (tertiary/aromatic N) is 2. The van der Waals surface area contributed by atoms with E-state index in [1.807, 2.05) is 24.7 Å². The summed E-state index contributed by atoms with van der Waals surface area (Å²) >= 11 is 6.43. The molecular formula is C15H20ClN3. The Morgan fingerprint density at radius 3 is 2.58 bits per heavy atom. The van der Waals surface area contributed by atoms with E-state index in [4.69, 9.17) is 11.6 Å². The third-order valence-corrected chi connectivity index (χ3v) is 3.70. The van der Waals surface area contributed by atoms with E-state index in [0.29, 0.717) is 0 Å². The van der Waals surface area contributed by atoms with Crippen LogP contribution in [0.15, 0.2) is 18.2 Å². The number of aromatic nitrogens is 2. The lowest BCUT2D eigenvalue weighted by atomic mass is 10.0. The summed E-state index contributed by atoms with van der Waals surface area (Å²) in [5.41, 5.74) is 5.56. The Morgan fingerprint density at radius 1 is 1.32 bits per heavy atom. The molecule has 19 heavy (non-hydrogen) atoms. The number of nitrogens with one attached hydrogen (secondary N) is 1. The third kappa shape index (κ3) is 2.82. The minimum absolute atomic E-state index is 0.787. The molecular weight excluding hydrogens is 258 g/mol. The van der Waals surface area contributed by atoms with Crippen molar-refractivity contribution in [1.29, 1.82) is 0 Å². The molecule has 0 bridgehead atoms. The average molecular weight is 278 g/mol. The maximum absolute atomic E-state index is 6.43. The first-order valence-corrected chi connectivity index (χ1v) is 6.92. The predicted molar refractivity (Wildman–Crippen MR) is 80.5 cm³/mol. The topological polar surface area (TPSA) is 29.9 Å². The van der Waals surface area contributed by atoms with E-state index in [1.54, 1.807) is 0 Å². The molecule has 0 spiro atoms. The second kappa shape index (κ2) is 5.76. The Hall–Kier alpha value is -1.32. The van der Waals surface area contributed by atoms with E-state index >= 15 is 0 Å². The van der Waals surface area contributed by atoms with Crippen molar-refractivity contribution in [2.24, 2.45) is 7.05 Å². The van der Waals surface area contributed by atoms with Gasteiger partial charge in [0.05, 0.1) is 5.69 Å². The third-order valence-electron chi connectivity index (χ3n) is 3.39. The molecule has 1 N–H and O–H groups in total. The fraction of sp³-hybridized carbons (Fsp3) is 0.400. The Bertz CT molecular complexity index is 587. The van der Waals surface area contributed by atoms with Crippen molar-refractivity contribution in [1.82, 2.24) is 15.1 Å². The molecule has 2 rings (SSSR count). The van der Waals surface area contributed by atoms with E-state index in [1.165, 1.54) is 5.56 Å². The summed E-state index contributed by atoms with van der Waals surface area (Å²) in [6.07, 6.45) is 0. The minimum atomic E-state index is 0.787. The molecule has 0 atom stereocenters. The van der Waals surface area contributed by atoms with Gasteiger partial charge in [0.2, 0.25) is 0 Å². The van der Waals surface area contributed by atoms with Crippen LogP contribution in [0.1, 0.15) is 23.9 Å². The van der Waals surface area contributed by atoms with Crippen LogP contribution in [0.4, 0.5) is 0 Å². The maximum atomic E-state index is 6.43. The van der Waals surface area contributed by atoms with E-state index in [2.05, 4.69) is 36.4 Å². The van der Waals surface area contributed by atoms with Crippen LogP contribution >= 0.6 is 11.6 Å². The van der Waals surface area contributed by atoms with Crippen LogP contribution in [-0.2, 0) is 13.6 Å². The number of hydrogen-bond donors (Lipinski definition) is 1. The summed E-state index contributed by atoms with van der Waals surface area (Å²) in [5, 5.41) is 8.54. The first-order chi connectivity index (χ1) is 9.04. The van der Waals surface area contributed by atoms with Crippen molar-refractivity contribution < 1.29 is 0 Å². The van der Waals surface area contributed by atoms with Gasteiger partial charge in [-0.25, -0.2) is 0 Å².